The number of carbonyl (C=O) groups excluding carboxylic acids is 2. The first-order chi connectivity index (χ1) is 13.9. The summed E-state index contributed by atoms with van der Waals surface area (Å²) in [7, 11) is 0. The van der Waals surface area contributed by atoms with Crippen molar-refractivity contribution in [2.75, 3.05) is 11.1 Å². The number of nitrogens with one attached hydrogen (secondary N) is 2. The van der Waals surface area contributed by atoms with Crippen molar-refractivity contribution in [3.05, 3.63) is 71.0 Å². The number of nitrogens with zero attached hydrogens (tertiary/aromatic N) is 3. The molecule has 0 fully saturated rings. The Hall–Kier alpha value is -3.13. The molecule has 0 saturated carbocycles. The topological polar surface area (TPSA) is 88.9 Å². The molecule has 3 rings (SSSR count). The molecule has 2 N–H and O–H groups in total. The lowest BCUT2D eigenvalue weighted by Crippen LogP contribution is -2.35. The van der Waals surface area contributed by atoms with E-state index in [-0.39, 0.29) is 5.75 Å². The zero-order valence-electron chi connectivity index (χ0n) is 16.6. The lowest BCUT2D eigenvalue weighted by atomic mass is 10.1. The number of imide groups is 1. The highest BCUT2D eigenvalue weighted by molar-refractivity contribution is 7.99. The van der Waals surface area contributed by atoms with E-state index in [2.05, 4.69) is 20.8 Å². The number of carbonyl (C=O) groups is 2. The summed E-state index contributed by atoms with van der Waals surface area (Å²) in [5.41, 5.74) is 3.84. The van der Waals surface area contributed by atoms with Gasteiger partial charge in [0.25, 0.3) is 0 Å². The van der Waals surface area contributed by atoms with Gasteiger partial charge >= 0.3 is 6.03 Å². The molecule has 0 radical (unpaired) electrons. The minimum Gasteiger partial charge on any atom is -0.307 e. The maximum absolute atomic E-state index is 12.2. The summed E-state index contributed by atoms with van der Waals surface area (Å²) >= 11 is 1.25. The van der Waals surface area contributed by atoms with Crippen molar-refractivity contribution >= 4 is 29.4 Å². The lowest BCUT2D eigenvalue weighted by Gasteiger charge is -2.10. The molecule has 3 amide bonds. The van der Waals surface area contributed by atoms with Gasteiger partial charge < -0.3 is 9.88 Å². The normalized spacial score (nSPS) is 10.6. The van der Waals surface area contributed by atoms with Gasteiger partial charge in [-0.1, -0.05) is 59.8 Å². The first-order valence-corrected chi connectivity index (χ1v) is 10.2. The Balaban J connectivity index is 1.55. The van der Waals surface area contributed by atoms with Gasteiger partial charge in [0.05, 0.1) is 12.3 Å². The average molecular weight is 410 g/mol. The van der Waals surface area contributed by atoms with Crippen molar-refractivity contribution in [3.8, 4) is 0 Å². The monoisotopic (exact) mass is 409 g/mol. The molecule has 0 unspecified atom stereocenters. The third-order valence-corrected chi connectivity index (χ3v) is 5.27. The first-order valence-electron chi connectivity index (χ1n) is 9.17. The van der Waals surface area contributed by atoms with E-state index in [1.165, 1.54) is 11.8 Å². The Morgan fingerprint density at radius 3 is 2.52 bits per heavy atom. The molecule has 1 heterocycles. The number of thioether (sulfide) groups is 1. The van der Waals surface area contributed by atoms with Gasteiger partial charge in [-0.25, -0.2) is 4.79 Å². The van der Waals surface area contributed by atoms with E-state index in [1.54, 1.807) is 0 Å². The van der Waals surface area contributed by atoms with Gasteiger partial charge in [0.15, 0.2) is 5.16 Å². The molecule has 0 bridgehead atoms. The van der Waals surface area contributed by atoms with Crippen LogP contribution in [-0.2, 0) is 11.3 Å². The van der Waals surface area contributed by atoms with E-state index < -0.39 is 11.9 Å². The number of benzene rings is 2. The average Bonchev–Trinajstić information content (AvgIpc) is 3.03. The molecule has 29 heavy (non-hydrogen) atoms. The maximum Gasteiger partial charge on any atom is 0.325 e. The van der Waals surface area contributed by atoms with Crippen LogP contribution in [0.5, 0.6) is 0 Å². The molecule has 0 aliphatic heterocycles. The van der Waals surface area contributed by atoms with Crippen LogP contribution in [0.3, 0.4) is 0 Å². The lowest BCUT2D eigenvalue weighted by molar-refractivity contribution is -0.117. The van der Waals surface area contributed by atoms with E-state index in [0.717, 1.165) is 22.5 Å². The summed E-state index contributed by atoms with van der Waals surface area (Å²) < 4.78 is 1.95. The van der Waals surface area contributed by atoms with Crippen LogP contribution in [0, 0.1) is 20.8 Å². The van der Waals surface area contributed by atoms with Crippen molar-refractivity contribution in [1.29, 1.82) is 0 Å². The fourth-order valence-corrected chi connectivity index (χ4v) is 3.60. The summed E-state index contributed by atoms with van der Waals surface area (Å²) in [5.74, 6) is 0.432. The predicted octanol–water partition coefficient (Wildman–Crippen LogP) is 3.69. The maximum atomic E-state index is 12.2. The van der Waals surface area contributed by atoms with E-state index in [4.69, 9.17) is 0 Å². The minimum absolute atomic E-state index is 0.0627. The Morgan fingerprint density at radius 2 is 1.79 bits per heavy atom. The third-order valence-electron chi connectivity index (χ3n) is 4.30. The second kappa shape index (κ2) is 9.38. The van der Waals surface area contributed by atoms with E-state index >= 15 is 0 Å². The molecule has 150 valence electrons. The summed E-state index contributed by atoms with van der Waals surface area (Å²) in [5, 5.41) is 13.9. The second-order valence-corrected chi connectivity index (χ2v) is 7.65. The van der Waals surface area contributed by atoms with E-state index in [9.17, 15) is 9.59 Å². The van der Waals surface area contributed by atoms with Gasteiger partial charge in [-0.2, -0.15) is 0 Å². The standard InChI is InChI=1S/C21H23N5O2S/c1-14-9-10-18(15(2)11-14)22-20(28)23-19(27)13-29-21-25-24-16(3)26(21)12-17-7-5-4-6-8-17/h4-11H,12-13H2,1-3H3,(H2,22,23,27,28). The molecule has 0 spiro atoms. The molecule has 0 saturated heterocycles. The predicted molar refractivity (Wildman–Crippen MR) is 114 cm³/mol. The summed E-state index contributed by atoms with van der Waals surface area (Å²) in [6.07, 6.45) is 0. The Bertz CT molecular complexity index is 1020. The molecule has 0 aliphatic rings. The van der Waals surface area contributed by atoms with Crippen LogP contribution in [0.1, 0.15) is 22.5 Å². The smallest absolute Gasteiger partial charge is 0.307 e. The second-order valence-electron chi connectivity index (χ2n) is 6.71. The van der Waals surface area contributed by atoms with Crippen LogP contribution >= 0.6 is 11.8 Å². The summed E-state index contributed by atoms with van der Waals surface area (Å²) in [6, 6.07) is 15.1. The van der Waals surface area contributed by atoms with Gasteiger partial charge in [-0.3, -0.25) is 10.1 Å². The highest BCUT2D eigenvalue weighted by atomic mass is 32.2. The Kier molecular flexibility index (Phi) is 6.66. The zero-order chi connectivity index (χ0) is 20.8. The number of aromatic nitrogens is 3. The van der Waals surface area contributed by atoms with Crippen molar-refractivity contribution in [1.82, 2.24) is 20.1 Å². The number of anilines is 1. The zero-order valence-corrected chi connectivity index (χ0v) is 17.4. The Labute approximate surface area is 173 Å². The number of rotatable bonds is 6. The van der Waals surface area contributed by atoms with E-state index in [1.807, 2.05) is 73.9 Å². The molecular weight excluding hydrogens is 386 g/mol. The van der Waals surface area contributed by atoms with Crippen LogP contribution < -0.4 is 10.6 Å². The number of hydrogen-bond donors (Lipinski definition) is 2. The molecule has 0 aliphatic carbocycles. The Morgan fingerprint density at radius 1 is 1.03 bits per heavy atom. The van der Waals surface area contributed by atoms with Crippen LogP contribution in [0.4, 0.5) is 10.5 Å². The first kappa shape index (κ1) is 20.6. The van der Waals surface area contributed by atoms with Crippen molar-refractivity contribution < 1.29 is 9.59 Å². The molecule has 7 nitrogen and oxygen atoms in total. The number of urea groups is 1. The van der Waals surface area contributed by atoms with Gasteiger partial charge in [-0.05, 0) is 38.0 Å². The molecular formula is C21H23N5O2S. The molecule has 3 aromatic rings. The van der Waals surface area contributed by atoms with Gasteiger partial charge in [0, 0.05) is 5.69 Å². The van der Waals surface area contributed by atoms with Crippen LogP contribution in [0.15, 0.2) is 53.7 Å². The van der Waals surface area contributed by atoms with Gasteiger partial charge in [0.1, 0.15) is 5.82 Å². The highest BCUT2D eigenvalue weighted by Gasteiger charge is 2.14. The van der Waals surface area contributed by atoms with Gasteiger partial charge in [0.2, 0.25) is 5.91 Å². The molecule has 2 aromatic carbocycles. The van der Waals surface area contributed by atoms with Crippen LogP contribution in [0.2, 0.25) is 0 Å². The van der Waals surface area contributed by atoms with Crippen molar-refractivity contribution in [2.45, 2.75) is 32.5 Å². The number of aryl methyl sites for hydroxylation is 3. The molecule has 8 heteroatoms. The fourth-order valence-electron chi connectivity index (χ4n) is 2.82. The van der Waals surface area contributed by atoms with Crippen molar-refractivity contribution in [3.63, 3.8) is 0 Å². The quantitative estimate of drug-likeness (QED) is 0.606. The fraction of sp³-hybridized carbons (Fsp3) is 0.238. The van der Waals surface area contributed by atoms with Crippen molar-refractivity contribution in [2.24, 2.45) is 0 Å². The minimum atomic E-state index is -0.551. The third kappa shape index (κ3) is 5.68. The molecule has 0 atom stereocenters. The van der Waals surface area contributed by atoms with Crippen LogP contribution in [0.25, 0.3) is 0 Å². The highest BCUT2D eigenvalue weighted by Crippen LogP contribution is 2.19. The molecule has 1 aromatic heterocycles. The number of amides is 3. The SMILES string of the molecule is Cc1ccc(NC(=O)NC(=O)CSc2nnc(C)n2Cc2ccccc2)c(C)c1. The largest absolute Gasteiger partial charge is 0.325 e. The summed E-state index contributed by atoms with van der Waals surface area (Å²) in [6.45, 7) is 6.38. The summed E-state index contributed by atoms with van der Waals surface area (Å²) in [4.78, 5) is 24.3. The van der Waals surface area contributed by atoms with Crippen LogP contribution in [-0.4, -0.2) is 32.5 Å². The van der Waals surface area contributed by atoms with Gasteiger partial charge in [-0.15, -0.1) is 10.2 Å². The van der Waals surface area contributed by atoms with E-state index in [0.29, 0.717) is 17.4 Å². The number of hydrogen-bond acceptors (Lipinski definition) is 5.